The fraction of sp³-hybridized carbons (Fsp3) is 0.250. The Labute approximate surface area is 118 Å². The molecule has 1 unspecified atom stereocenters. The van der Waals surface area contributed by atoms with Gasteiger partial charge in [-0.3, -0.25) is 0 Å². The summed E-state index contributed by atoms with van der Waals surface area (Å²) in [6.07, 6.45) is 0. The molecule has 20 heavy (non-hydrogen) atoms. The molecule has 0 spiro atoms. The Bertz CT molecular complexity index is 597. The fourth-order valence-electron chi connectivity index (χ4n) is 1.99. The first-order chi connectivity index (χ1) is 9.47. The van der Waals surface area contributed by atoms with Crippen LogP contribution in [0.1, 0.15) is 18.5 Å². The van der Waals surface area contributed by atoms with Crippen LogP contribution in [0.4, 0.5) is 20.2 Å². The molecule has 0 aromatic heterocycles. The zero-order valence-electron chi connectivity index (χ0n) is 11.8. The first kappa shape index (κ1) is 14.3. The third kappa shape index (κ3) is 3.26. The van der Waals surface area contributed by atoms with Gasteiger partial charge in [-0.2, -0.15) is 0 Å². The topological polar surface area (TPSA) is 15.3 Å². The van der Waals surface area contributed by atoms with Crippen LogP contribution >= 0.6 is 0 Å². The predicted octanol–water partition coefficient (Wildman–Crippen LogP) is 4.20. The molecule has 4 heteroatoms. The molecule has 0 aliphatic heterocycles. The van der Waals surface area contributed by atoms with E-state index in [2.05, 4.69) is 5.32 Å². The number of nitrogens with zero attached hydrogens (tertiary/aromatic N) is 1. The Morgan fingerprint density at radius 1 is 1.00 bits per heavy atom. The third-order valence-electron chi connectivity index (χ3n) is 3.19. The maximum Gasteiger partial charge on any atom is 0.159 e. The summed E-state index contributed by atoms with van der Waals surface area (Å²) < 4.78 is 26.2. The summed E-state index contributed by atoms with van der Waals surface area (Å²) >= 11 is 0. The molecule has 106 valence electrons. The van der Waals surface area contributed by atoms with Crippen molar-refractivity contribution in [3.8, 4) is 0 Å². The molecule has 0 saturated carbocycles. The number of anilines is 2. The van der Waals surface area contributed by atoms with Crippen LogP contribution in [0.3, 0.4) is 0 Å². The van der Waals surface area contributed by atoms with Gasteiger partial charge in [0.1, 0.15) is 0 Å². The minimum Gasteiger partial charge on any atom is -0.378 e. The summed E-state index contributed by atoms with van der Waals surface area (Å²) in [6, 6.07) is 11.8. The van der Waals surface area contributed by atoms with Crippen molar-refractivity contribution in [2.24, 2.45) is 0 Å². The second-order valence-corrected chi connectivity index (χ2v) is 4.98. The Kier molecular flexibility index (Phi) is 4.23. The molecule has 0 radical (unpaired) electrons. The van der Waals surface area contributed by atoms with Gasteiger partial charge in [0.2, 0.25) is 0 Å². The minimum absolute atomic E-state index is 0.109. The van der Waals surface area contributed by atoms with Crippen molar-refractivity contribution < 1.29 is 8.78 Å². The lowest BCUT2D eigenvalue weighted by atomic mass is 10.1. The van der Waals surface area contributed by atoms with E-state index in [9.17, 15) is 8.78 Å². The summed E-state index contributed by atoms with van der Waals surface area (Å²) in [5, 5.41) is 3.28. The summed E-state index contributed by atoms with van der Waals surface area (Å²) in [6.45, 7) is 1.91. The standard InChI is InChI=1S/C16H18F2N2/c1-11(12-7-8-15(17)16(18)9-12)19-13-5-4-6-14(10-13)20(2)3/h4-11,19H,1-3H3. The quantitative estimate of drug-likeness (QED) is 0.900. The molecule has 0 amide bonds. The van der Waals surface area contributed by atoms with Gasteiger partial charge in [0.15, 0.2) is 11.6 Å². The summed E-state index contributed by atoms with van der Waals surface area (Å²) in [4.78, 5) is 2.01. The molecule has 1 atom stereocenters. The van der Waals surface area contributed by atoms with Gasteiger partial charge >= 0.3 is 0 Å². The fourth-order valence-corrected chi connectivity index (χ4v) is 1.99. The summed E-state index contributed by atoms with van der Waals surface area (Å²) in [5.74, 6) is -1.64. The van der Waals surface area contributed by atoms with Crippen molar-refractivity contribution in [2.45, 2.75) is 13.0 Å². The van der Waals surface area contributed by atoms with E-state index < -0.39 is 11.6 Å². The molecule has 0 heterocycles. The van der Waals surface area contributed by atoms with Gasteiger partial charge in [0.05, 0.1) is 0 Å². The number of benzene rings is 2. The van der Waals surface area contributed by atoms with Crippen LogP contribution in [0.5, 0.6) is 0 Å². The molecule has 2 rings (SSSR count). The molecule has 1 N–H and O–H groups in total. The van der Waals surface area contributed by atoms with E-state index in [0.29, 0.717) is 5.56 Å². The zero-order chi connectivity index (χ0) is 14.7. The second kappa shape index (κ2) is 5.90. The molecular weight excluding hydrogens is 258 g/mol. The van der Waals surface area contributed by atoms with Crippen LogP contribution < -0.4 is 10.2 Å². The molecule has 0 saturated heterocycles. The van der Waals surface area contributed by atoms with Crippen LogP contribution in [-0.2, 0) is 0 Å². The van der Waals surface area contributed by atoms with Gasteiger partial charge in [-0.15, -0.1) is 0 Å². The average molecular weight is 276 g/mol. The van der Waals surface area contributed by atoms with Crippen molar-refractivity contribution in [3.63, 3.8) is 0 Å². The molecule has 0 fully saturated rings. The zero-order valence-corrected chi connectivity index (χ0v) is 11.8. The highest BCUT2D eigenvalue weighted by atomic mass is 19.2. The summed E-state index contributed by atoms with van der Waals surface area (Å²) in [7, 11) is 3.94. The normalized spacial score (nSPS) is 12.1. The van der Waals surface area contributed by atoms with Gasteiger partial charge in [-0.25, -0.2) is 8.78 Å². The lowest BCUT2D eigenvalue weighted by Crippen LogP contribution is -2.10. The molecule has 2 aromatic rings. The van der Waals surface area contributed by atoms with Gasteiger partial charge in [0, 0.05) is 31.5 Å². The number of nitrogens with one attached hydrogen (secondary N) is 1. The van der Waals surface area contributed by atoms with Crippen LogP contribution in [0.25, 0.3) is 0 Å². The highest BCUT2D eigenvalue weighted by Crippen LogP contribution is 2.23. The van der Waals surface area contributed by atoms with E-state index >= 15 is 0 Å². The van der Waals surface area contributed by atoms with Crippen LogP contribution in [-0.4, -0.2) is 14.1 Å². The molecule has 2 aromatic carbocycles. The first-order valence-electron chi connectivity index (χ1n) is 6.46. The first-order valence-corrected chi connectivity index (χ1v) is 6.46. The van der Waals surface area contributed by atoms with Crippen molar-refractivity contribution in [2.75, 3.05) is 24.3 Å². The van der Waals surface area contributed by atoms with Crippen molar-refractivity contribution >= 4 is 11.4 Å². The van der Waals surface area contributed by atoms with E-state index in [-0.39, 0.29) is 6.04 Å². The maximum absolute atomic E-state index is 13.2. The van der Waals surface area contributed by atoms with E-state index in [1.54, 1.807) is 6.07 Å². The van der Waals surface area contributed by atoms with Crippen molar-refractivity contribution in [1.29, 1.82) is 0 Å². The van der Waals surface area contributed by atoms with Gasteiger partial charge in [-0.05, 0) is 42.8 Å². The van der Waals surface area contributed by atoms with E-state index in [1.807, 2.05) is 50.2 Å². The number of hydrogen-bond donors (Lipinski definition) is 1. The van der Waals surface area contributed by atoms with Crippen LogP contribution in [0.15, 0.2) is 42.5 Å². The van der Waals surface area contributed by atoms with Crippen LogP contribution in [0, 0.1) is 11.6 Å². The molecule has 0 aliphatic rings. The smallest absolute Gasteiger partial charge is 0.159 e. The molecule has 0 bridgehead atoms. The van der Waals surface area contributed by atoms with Gasteiger partial charge in [-0.1, -0.05) is 12.1 Å². The van der Waals surface area contributed by atoms with Gasteiger partial charge in [0.25, 0.3) is 0 Å². The van der Waals surface area contributed by atoms with Crippen molar-refractivity contribution in [3.05, 3.63) is 59.7 Å². The molecule has 0 aliphatic carbocycles. The van der Waals surface area contributed by atoms with E-state index in [0.717, 1.165) is 17.4 Å². The second-order valence-electron chi connectivity index (χ2n) is 4.98. The lowest BCUT2D eigenvalue weighted by Gasteiger charge is -2.18. The number of halogens is 2. The highest BCUT2D eigenvalue weighted by molar-refractivity contribution is 5.58. The Morgan fingerprint density at radius 2 is 1.75 bits per heavy atom. The third-order valence-corrected chi connectivity index (χ3v) is 3.19. The van der Waals surface area contributed by atoms with Gasteiger partial charge < -0.3 is 10.2 Å². The van der Waals surface area contributed by atoms with E-state index in [1.165, 1.54) is 6.07 Å². The molecular formula is C16H18F2N2. The lowest BCUT2D eigenvalue weighted by molar-refractivity contribution is 0.506. The monoisotopic (exact) mass is 276 g/mol. The molecule has 2 nitrogen and oxygen atoms in total. The van der Waals surface area contributed by atoms with E-state index in [4.69, 9.17) is 0 Å². The number of rotatable bonds is 4. The Balaban J connectivity index is 2.16. The van der Waals surface area contributed by atoms with Crippen molar-refractivity contribution in [1.82, 2.24) is 0 Å². The number of hydrogen-bond acceptors (Lipinski definition) is 2. The summed E-state index contributed by atoms with van der Waals surface area (Å²) in [5.41, 5.74) is 2.72. The Hall–Kier alpha value is -2.10. The average Bonchev–Trinajstić information content (AvgIpc) is 2.42. The minimum atomic E-state index is -0.824. The highest BCUT2D eigenvalue weighted by Gasteiger charge is 2.09. The predicted molar refractivity (Wildman–Crippen MR) is 79.2 cm³/mol. The maximum atomic E-state index is 13.2. The largest absolute Gasteiger partial charge is 0.378 e. The Morgan fingerprint density at radius 3 is 2.40 bits per heavy atom. The SMILES string of the molecule is CC(Nc1cccc(N(C)C)c1)c1ccc(F)c(F)c1. The van der Waals surface area contributed by atoms with Crippen LogP contribution in [0.2, 0.25) is 0 Å².